The normalized spacial score (nSPS) is 41.1. The molecule has 5 unspecified atom stereocenters. The van der Waals surface area contributed by atoms with Crippen molar-refractivity contribution in [1.29, 1.82) is 0 Å². The van der Waals surface area contributed by atoms with E-state index in [1.54, 1.807) is 0 Å². The smallest absolute Gasteiger partial charge is 0.309 e. The van der Waals surface area contributed by atoms with Crippen LogP contribution in [0.1, 0.15) is 32.6 Å². The minimum atomic E-state index is -0.681. The van der Waals surface area contributed by atoms with E-state index in [0.29, 0.717) is 6.04 Å². The molecule has 128 valence electrons. The summed E-state index contributed by atoms with van der Waals surface area (Å²) in [5, 5.41) is 16.9. The average Bonchev–Trinajstić information content (AvgIpc) is 2.89. The minimum Gasteiger partial charge on any atom is -0.343 e. The van der Waals surface area contributed by atoms with Crippen LogP contribution >= 0.6 is 0 Å². The van der Waals surface area contributed by atoms with E-state index in [-0.39, 0.29) is 35.3 Å². The maximum absolute atomic E-state index is 11.8. The number of likely N-dealkylation sites (tertiary alicyclic amines) is 1. The fraction of sp³-hybridized carbons (Fsp3) is 0.867. The zero-order chi connectivity index (χ0) is 16.7. The number of fused-ring (bicyclic) bond motifs is 1. The molecule has 1 saturated carbocycles. The van der Waals surface area contributed by atoms with Gasteiger partial charge in [0, 0.05) is 23.3 Å². The quantitative estimate of drug-likeness (QED) is 0.423. The number of nitrogens with zero attached hydrogens (tertiary/aromatic N) is 2. The molecule has 2 N–H and O–H groups in total. The standard InChI is InChI=1S/C15H24N4O4/c1-8-10(6-9-4-3-5-18(9)2)13-11(7-12(8)19(22)23)16-14(20)15(21)17-13/h8-13H,3-7H2,1-2H3,(H,16,20)(H,17,21)/t8?,9-,10?,11?,12?,13?/m1/s1. The number of carbonyl (C=O) groups is 2. The molecule has 8 heteroatoms. The van der Waals surface area contributed by atoms with E-state index in [4.69, 9.17) is 0 Å². The van der Waals surface area contributed by atoms with E-state index in [1.165, 1.54) is 0 Å². The van der Waals surface area contributed by atoms with Crippen molar-refractivity contribution in [2.75, 3.05) is 13.6 Å². The number of amides is 2. The fourth-order valence-electron chi connectivity index (χ4n) is 4.57. The zero-order valence-electron chi connectivity index (χ0n) is 13.5. The van der Waals surface area contributed by atoms with E-state index < -0.39 is 17.9 Å². The van der Waals surface area contributed by atoms with Gasteiger partial charge in [-0.3, -0.25) is 19.7 Å². The molecule has 3 rings (SSSR count). The fourth-order valence-corrected chi connectivity index (χ4v) is 4.57. The van der Waals surface area contributed by atoms with Crippen molar-refractivity contribution in [2.45, 2.75) is 56.8 Å². The first-order valence-electron chi connectivity index (χ1n) is 8.33. The van der Waals surface area contributed by atoms with Crippen LogP contribution in [0.25, 0.3) is 0 Å². The molecule has 0 aromatic carbocycles. The molecule has 0 spiro atoms. The molecule has 6 atom stereocenters. The molecule has 2 aliphatic heterocycles. The second-order valence-electron chi connectivity index (χ2n) is 7.20. The van der Waals surface area contributed by atoms with Crippen molar-refractivity contribution >= 4 is 11.8 Å². The van der Waals surface area contributed by atoms with Crippen LogP contribution in [0.3, 0.4) is 0 Å². The third-order valence-corrected chi connectivity index (χ3v) is 5.98. The van der Waals surface area contributed by atoms with Crippen LogP contribution in [0.5, 0.6) is 0 Å². The van der Waals surface area contributed by atoms with E-state index in [1.807, 2.05) is 6.92 Å². The Morgan fingerprint density at radius 3 is 2.61 bits per heavy atom. The summed E-state index contributed by atoms with van der Waals surface area (Å²) in [6, 6.07) is -0.838. The Morgan fingerprint density at radius 2 is 2.00 bits per heavy atom. The first-order valence-corrected chi connectivity index (χ1v) is 8.33. The predicted octanol–water partition coefficient (Wildman–Crippen LogP) is -0.245. The topological polar surface area (TPSA) is 105 Å². The number of nitrogens with one attached hydrogen (secondary N) is 2. The van der Waals surface area contributed by atoms with Crippen LogP contribution in [0.4, 0.5) is 0 Å². The molecule has 0 aromatic heterocycles. The minimum absolute atomic E-state index is 0.000694. The summed E-state index contributed by atoms with van der Waals surface area (Å²) in [7, 11) is 2.08. The molecule has 0 radical (unpaired) electrons. The Bertz CT molecular complexity index is 526. The number of nitro groups is 1. The molecular weight excluding hydrogens is 300 g/mol. The van der Waals surface area contributed by atoms with Crippen molar-refractivity contribution < 1.29 is 14.5 Å². The van der Waals surface area contributed by atoms with Gasteiger partial charge in [-0.2, -0.15) is 0 Å². The summed E-state index contributed by atoms with van der Waals surface area (Å²) in [5.41, 5.74) is 0. The monoisotopic (exact) mass is 324 g/mol. The van der Waals surface area contributed by atoms with E-state index >= 15 is 0 Å². The summed E-state index contributed by atoms with van der Waals surface area (Å²) in [6.07, 6.45) is 3.32. The largest absolute Gasteiger partial charge is 0.343 e. The van der Waals surface area contributed by atoms with Gasteiger partial charge in [0.25, 0.3) is 0 Å². The van der Waals surface area contributed by atoms with Gasteiger partial charge in [0.2, 0.25) is 6.04 Å². The van der Waals surface area contributed by atoms with Gasteiger partial charge in [-0.25, -0.2) is 0 Å². The number of hydrogen-bond acceptors (Lipinski definition) is 5. The molecule has 2 heterocycles. The second-order valence-corrected chi connectivity index (χ2v) is 7.20. The highest BCUT2D eigenvalue weighted by molar-refractivity contribution is 6.35. The van der Waals surface area contributed by atoms with Gasteiger partial charge in [0.05, 0.1) is 12.1 Å². The van der Waals surface area contributed by atoms with Gasteiger partial charge in [0.1, 0.15) is 0 Å². The van der Waals surface area contributed by atoms with Crippen LogP contribution < -0.4 is 10.6 Å². The zero-order valence-corrected chi connectivity index (χ0v) is 13.5. The number of piperazine rings is 1. The lowest BCUT2D eigenvalue weighted by Gasteiger charge is -2.46. The molecule has 0 aromatic rings. The summed E-state index contributed by atoms with van der Waals surface area (Å²) in [5.74, 6) is -1.43. The molecule has 0 bridgehead atoms. The Labute approximate surface area is 135 Å². The molecule has 8 nitrogen and oxygen atoms in total. The van der Waals surface area contributed by atoms with Crippen molar-refractivity contribution in [2.24, 2.45) is 11.8 Å². The lowest BCUT2D eigenvalue weighted by atomic mass is 9.68. The number of carbonyl (C=O) groups excluding carboxylic acids is 2. The van der Waals surface area contributed by atoms with E-state index in [0.717, 1.165) is 25.8 Å². The van der Waals surface area contributed by atoms with Crippen molar-refractivity contribution in [3.8, 4) is 0 Å². The molecule has 3 fully saturated rings. The first kappa shape index (κ1) is 16.2. The first-order chi connectivity index (χ1) is 10.9. The molecule has 2 amide bonds. The van der Waals surface area contributed by atoms with Crippen molar-refractivity contribution in [3.63, 3.8) is 0 Å². The lowest BCUT2D eigenvalue weighted by molar-refractivity contribution is -0.538. The Hall–Kier alpha value is -1.70. The van der Waals surface area contributed by atoms with Crippen molar-refractivity contribution in [3.05, 3.63) is 10.1 Å². The molecule has 2 saturated heterocycles. The van der Waals surface area contributed by atoms with E-state index in [2.05, 4.69) is 22.6 Å². The third kappa shape index (κ3) is 2.91. The summed E-state index contributed by atoms with van der Waals surface area (Å²) in [6.45, 7) is 2.95. The van der Waals surface area contributed by atoms with Crippen LogP contribution in [0.2, 0.25) is 0 Å². The maximum Gasteiger partial charge on any atom is 0.309 e. The van der Waals surface area contributed by atoms with Crippen molar-refractivity contribution in [1.82, 2.24) is 15.5 Å². The summed E-state index contributed by atoms with van der Waals surface area (Å²) >= 11 is 0. The van der Waals surface area contributed by atoms with Gasteiger partial charge in [-0.1, -0.05) is 6.92 Å². The molecule has 3 aliphatic rings. The SMILES string of the molecule is CC1C(C[C@H]2CCCN2C)C2NC(=O)C(=O)NC2CC1[N+](=O)[O-]. The third-order valence-electron chi connectivity index (χ3n) is 5.98. The van der Waals surface area contributed by atoms with Crippen LogP contribution in [-0.4, -0.2) is 59.4 Å². The van der Waals surface area contributed by atoms with Crippen LogP contribution in [0.15, 0.2) is 0 Å². The van der Waals surface area contributed by atoms with Crippen LogP contribution in [-0.2, 0) is 9.59 Å². The Morgan fingerprint density at radius 1 is 1.30 bits per heavy atom. The summed E-state index contributed by atoms with van der Waals surface area (Å²) in [4.78, 5) is 36.9. The molecular formula is C15H24N4O4. The highest BCUT2D eigenvalue weighted by Gasteiger charge is 2.52. The van der Waals surface area contributed by atoms with Gasteiger partial charge >= 0.3 is 11.8 Å². The summed E-state index contributed by atoms with van der Waals surface area (Å²) < 4.78 is 0. The van der Waals surface area contributed by atoms with E-state index in [9.17, 15) is 19.7 Å². The molecule has 23 heavy (non-hydrogen) atoms. The van der Waals surface area contributed by atoms with Crippen LogP contribution in [0, 0.1) is 22.0 Å². The maximum atomic E-state index is 11.8. The number of hydrogen-bond donors (Lipinski definition) is 2. The number of rotatable bonds is 3. The van der Waals surface area contributed by atoms with Gasteiger partial charge in [-0.05, 0) is 38.8 Å². The Balaban J connectivity index is 1.83. The average molecular weight is 324 g/mol. The van der Waals surface area contributed by atoms with Gasteiger partial charge in [-0.15, -0.1) is 0 Å². The van der Waals surface area contributed by atoms with Gasteiger partial charge < -0.3 is 15.5 Å². The predicted molar refractivity (Wildman–Crippen MR) is 82.2 cm³/mol. The highest BCUT2D eigenvalue weighted by atomic mass is 16.6. The highest BCUT2D eigenvalue weighted by Crippen LogP contribution is 2.38. The lowest BCUT2D eigenvalue weighted by Crippen LogP contribution is -2.69. The Kier molecular flexibility index (Phi) is 4.27. The second kappa shape index (κ2) is 6.07. The molecule has 1 aliphatic carbocycles. The van der Waals surface area contributed by atoms with Gasteiger partial charge in [0.15, 0.2) is 0 Å².